The van der Waals surface area contributed by atoms with Crippen molar-refractivity contribution >= 4 is 49.4 Å². The van der Waals surface area contributed by atoms with Gasteiger partial charge in [0.1, 0.15) is 17.4 Å². The number of hydrogen-bond donors (Lipinski definition) is 0. The molecule has 21 heavy (non-hydrogen) atoms. The number of carbonyl (C=O) groups excluding carboxylic acids is 1. The molecule has 0 aliphatic carbocycles. The molecule has 0 amide bonds. The fraction of sp³-hybridized carbons (Fsp3) is 0.133. The predicted molar refractivity (Wildman–Crippen MR) is 87.6 cm³/mol. The Kier molecular flexibility index (Phi) is 5.96. The van der Waals surface area contributed by atoms with Crippen LogP contribution in [0.3, 0.4) is 0 Å². The maximum absolute atomic E-state index is 13.8. The van der Waals surface area contributed by atoms with Crippen molar-refractivity contribution in [2.45, 2.75) is 11.3 Å². The molecule has 0 unspecified atom stereocenters. The highest BCUT2D eigenvalue weighted by Crippen LogP contribution is 2.28. The normalized spacial score (nSPS) is 10.7. The summed E-state index contributed by atoms with van der Waals surface area (Å²) in [6.07, 6.45) is -0.255. The van der Waals surface area contributed by atoms with Crippen molar-refractivity contribution in [1.82, 2.24) is 0 Å². The van der Waals surface area contributed by atoms with E-state index in [0.29, 0.717) is 0 Å². The van der Waals surface area contributed by atoms with Crippen molar-refractivity contribution in [2.24, 2.45) is 0 Å². The molecule has 6 heteroatoms. The molecule has 2 aromatic carbocycles. The molecule has 0 saturated carbocycles. The highest BCUT2D eigenvalue weighted by Gasteiger charge is 2.16. The van der Waals surface area contributed by atoms with Gasteiger partial charge in [0.15, 0.2) is 0 Å². The third kappa shape index (κ3) is 4.37. The molecule has 0 aromatic heterocycles. The Hall–Kier alpha value is -0.720. The first kappa shape index (κ1) is 16.6. The second-order valence-electron chi connectivity index (χ2n) is 4.26. The SMILES string of the molecule is O=C(CSc1ccccc1Br)Cc1c(F)ccc(Br)c1F. The van der Waals surface area contributed by atoms with Crippen molar-refractivity contribution < 1.29 is 13.6 Å². The van der Waals surface area contributed by atoms with Crippen LogP contribution in [0.15, 0.2) is 50.2 Å². The summed E-state index contributed by atoms with van der Waals surface area (Å²) in [6, 6.07) is 9.93. The van der Waals surface area contributed by atoms with Gasteiger partial charge in [0.05, 0.1) is 10.2 Å². The molecule has 0 heterocycles. The minimum absolute atomic E-state index is 0.158. The lowest BCUT2D eigenvalue weighted by Gasteiger charge is -2.07. The average molecular weight is 436 g/mol. The molecule has 110 valence electrons. The van der Waals surface area contributed by atoms with Gasteiger partial charge in [-0.15, -0.1) is 11.8 Å². The Labute approximate surface area is 142 Å². The van der Waals surface area contributed by atoms with Crippen LogP contribution in [0.5, 0.6) is 0 Å². The molecule has 0 saturated heterocycles. The van der Waals surface area contributed by atoms with Crippen molar-refractivity contribution in [3.8, 4) is 0 Å². The number of thioether (sulfide) groups is 1. The Bertz CT molecular complexity index is 677. The van der Waals surface area contributed by atoms with E-state index < -0.39 is 11.6 Å². The molecule has 1 nitrogen and oxygen atoms in total. The van der Waals surface area contributed by atoms with Crippen LogP contribution in [0.4, 0.5) is 8.78 Å². The molecule has 0 radical (unpaired) electrons. The quantitative estimate of drug-likeness (QED) is 0.462. The van der Waals surface area contributed by atoms with E-state index in [1.165, 1.54) is 17.8 Å². The Morgan fingerprint density at radius 1 is 1.05 bits per heavy atom. The van der Waals surface area contributed by atoms with Crippen LogP contribution < -0.4 is 0 Å². The Morgan fingerprint density at radius 2 is 1.76 bits per heavy atom. The fourth-order valence-electron chi connectivity index (χ4n) is 1.70. The second-order valence-corrected chi connectivity index (χ2v) is 6.98. The van der Waals surface area contributed by atoms with Crippen LogP contribution in [0, 0.1) is 11.6 Å². The minimum atomic E-state index is -0.714. The van der Waals surface area contributed by atoms with Crippen LogP contribution in [-0.2, 0) is 11.2 Å². The lowest BCUT2D eigenvalue weighted by Crippen LogP contribution is -2.09. The van der Waals surface area contributed by atoms with Gasteiger partial charge in [0.2, 0.25) is 0 Å². The lowest BCUT2D eigenvalue weighted by atomic mass is 10.1. The second kappa shape index (κ2) is 7.51. The fourth-order valence-corrected chi connectivity index (χ4v) is 3.50. The molecular weight excluding hydrogens is 426 g/mol. The number of benzene rings is 2. The van der Waals surface area contributed by atoms with Crippen LogP contribution in [0.25, 0.3) is 0 Å². The van der Waals surface area contributed by atoms with E-state index in [4.69, 9.17) is 0 Å². The molecular formula is C15H10Br2F2OS. The molecule has 0 bridgehead atoms. The van der Waals surface area contributed by atoms with Gasteiger partial charge in [-0.3, -0.25) is 4.79 Å². The first-order valence-electron chi connectivity index (χ1n) is 6.00. The largest absolute Gasteiger partial charge is 0.298 e. The molecule has 0 fully saturated rings. The maximum Gasteiger partial charge on any atom is 0.147 e. The van der Waals surface area contributed by atoms with E-state index in [9.17, 15) is 13.6 Å². The summed E-state index contributed by atoms with van der Waals surface area (Å²) in [5, 5.41) is 0. The summed E-state index contributed by atoms with van der Waals surface area (Å²) >= 11 is 7.72. The average Bonchev–Trinajstić information content (AvgIpc) is 2.47. The van der Waals surface area contributed by atoms with Crippen LogP contribution in [-0.4, -0.2) is 11.5 Å². The monoisotopic (exact) mass is 434 g/mol. The summed E-state index contributed by atoms with van der Waals surface area (Å²) in [5.41, 5.74) is -0.192. The van der Waals surface area contributed by atoms with Crippen LogP contribution in [0.2, 0.25) is 0 Å². The number of ketones is 1. The molecule has 0 aliphatic rings. The lowest BCUT2D eigenvalue weighted by molar-refractivity contribution is -0.116. The highest BCUT2D eigenvalue weighted by molar-refractivity contribution is 9.10. The number of carbonyl (C=O) groups is 1. The van der Waals surface area contributed by atoms with Crippen molar-refractivity contribution in [2.75, 3.05) is 5.75 Å². The molecule has 0 atom stereocenters. The Morgan fingerprint density at radius 3 is 2.48 bits per heavy atom. The zero-order valence-electron chi connectivity index (χ0n) is 10.7. The Balaban J connectivity index is 2.03. The minimum Gasteiger partial charge on any atom is -0.298 e. The van der Waals surface area contributed by atoms with E-state index in [0.717, 1.165) is 15.4 Å². The topological polar surface area (TPSA) is 17.1 Å². The van der Waals surface area contributed by atoms with E-state index in [2.05, 4.69) is 31.9 Å². The molecule has 0 N–H and O–H groups in total. The van der Waals surface area contributed by atoms with Crippen molar-refractivity contribution in [1.29, 1.82) is 0 Å². The summed E-state index contributed by atoms with van der Waals surface area (Å²) < 4.78 is 28.4. The van der Waals surface area contributed by atoms with Gasteiger partial charge in [-0.25, -0.2) is 8.78 Å². The predicted octanol–water partition coefficient (Wildman–Crippen LogP) is 5.39. The third-order valence-corrected chi connectivity index (χ3v) is 5.44. The first-order valence-corrected chi connectivity index (χ1v) is 8.57. The number of rotatable bonds is 5. The zero-order chi connectivity index (χ0) is 15.4. The number of hydrogen-bond acceptors (Lipinski definition) is 2. The summed E-state index contributed by atoms with van der Waals surface area (Å²) in [6.45, 7) is 0. The first-order chi connectivity index (χ1) is 9.99. The van der Waals surface area contributed by atoms with Gasteiger partial charge < -0.3 is 0 Å². The van der Waals surface area contributed by atoms with E-state index in [-0.39, 0.29) is 28.0 Å². The molecule has 0 aliphatic heterocycles. The highest BCUT2D eigenvalue weighted by atomic mass is 79.9. The van der Waals surface area contributed by atoms with Gasteiger partial charge >= 0.3 is 0 Å². The molecule has 0 spiro atoms. The van der Waals surface area contributed by atoms with Crippen LogP contribution >= 0.6 is 43.6 Å². The van der Waals surface area contributed by atoms with Crippen molar-refractivity contribution in [3.05, 3.63) is 62.5 Å². The molecule has 2 aromatic rings. The standard InChI is InChI=1S/C15H10Br2F2OS/c16-11-3-1-2-4-14(11)21-8-9(20)7-10-13(18)6-5-12(17)15(10)19/h1-6H,7-8H2. The van der Waals surface area contributed by atoms with E-state index in [1.54, 1.807) is 0 Å². The van der Waals surface area contributed by atoms with Gasteiger partial charge in [0.25, 0.3) is 0 Å². The summed E-state index contributed by atoms with van der Waals surface area (Å²) in [4.78, 5) is 12.8. The smallest absolute Gasteiger partial charge is 0.147 e. The zero-order valence-corrected chi connectivity index (χ0v) is 14.7. The maximum atomic E-state index is 13.8. The van der Waals surface area contributed by atoms with E-state index in [1.807, 2.05) is 24.3 Å². The number of halogens is 4. The molecule has 2 rings (SSSR count). The van der Waals surface area contributed by atoms with E-state index >= 15 is 0 Å². The van der Waals surface area contributed by atoms with Gasteiger partial charge in [-0.05, 0) is 56.1 Å². The van der Waals surface area contributed by atoms with Gasteiger partial charge in [-0.2, -0.15) is 0 Å². The number of Topliss-reactive ketones (excluding diaryl/α,β-unsaturated/α-hetero) is 1. The van der Waals surface area contributed by atoms with Crippen LogP contribution in [0.1, 0.15) is 5.56 Å². The van der Waals surface area contributed by atoms with Gasteiger partial charge in [0, 0.05) is 21.4 Å². The summed E-state index contributed by atoms with van der Waals surface area (Å²) in [5.74, 6) is -1.48. The van der Waals surface area contributed by atoms with Crippen molar-refractivity contribution in [3.63, 3.8) is 0 Å². The van der Waals surface area contributed by atoms with Gasteiger partial charge in [-0.1, -0.05) is 12.1 Å². The summed E-state index contributed by atoms with van der Waals surface area (Å²) in [7, 11) is 0. The third-order valence-electron chi connectivity index (χ3n) is 2.74.